The lowest BCUT2D eigenvalue weighted by molar-refractivity contribution is 0.391. The summed E-state index contributed by atoms with van der Waals surface area (Å²) < 4.78 is 52.5. The molecule has 4 nitrogen and oxygen atoms in total. The average Bonchev–Trinajstić information content (AvgIpc) is 2.39. The van der Waals surface area contributed by atoms with Gasteiger partial charge in [0.1, 0.15) is 4.90 Å². The van der Waals surface area contributed by atoms with E-state index in [0.29, 0.717) is 12.8 Å². The second-order valence-corrected chi connectivity index (χ2v) is 6.18. The lowest BCUT2D eigenvalue weighted by Gasteiger charge is -2.26. The Balaban J connectivity index is 2.97. The molecule has 0 saturated heterocycles. The van der Waals surface area contributed by atoms with E-state index in [1.54, 1.807) is 0 Å². The van der Waals surface area contributed by atoms with Crippen LogP contribution >= 0.6 is 0 Å². The quantitative estimate of drug-likeness (QED) is 0.839. The normalized spacial score (nSPS) is 12.7. The van der Waals surface area contributed by atoms with Gasteiger partial charge >= 0.3 is 0 Å². The fourth-order valence-electron chi connectivity index (χ4n) is 1.51. The molecular weight excluding hydrogens is 274 g/mol. The summed E-state index contributed by atoms with van der Waals surface area (Å²) in [4.78, 5) is -0.706. The van der Waals surface area contributed by atoms with Crippen LogP contribution in [0.3, 0.4) is 0 Å². The van der Waals surface area contributed by atoms with Crippen molar-refractivity contribution in [3.05, 3.63) is 29.8 Å². The molecule has 0 aliphatic heterocycles. The first-order valence-electron chi connectivity index (χ1n) is 5.98. The predicted molar refractivity (Wildman–Crippen MR) is 69.0 cm³/mol. The molecule has 0 bridgehead atoms. The van der Waals surface area contributed by atoms with Crippen LogP contribution in [0.2, 0.25) is 0 Å². The van der Waals surface area contributed by atoms with Crippen molar-refractivity contribution in [1.82, 2.24) is 4.72 Å². The van der Waals surface area contributed by atoms with E-state index in [9.17, 15) is 17.2 Å². The highest BCUT2D eigenvalue weighted by Gasteiger charge is 2.26. The van der Waals surface area contributed by atoms with Crippen LogP contribution in [0, 0.1) is 11.6 Å². The van der Waals surface area contributed by atoms with Crippen LogP contribution in [0.1, 0.15) is 26.7 Å². The largest absolute Gasteiger partial charge is 0.324 e. The van der Waals surface area contributed by atoms with E-state index in [4.69, 9.17) is 5.73 Å². The molecule has 1 rings (SSSR count). The predicted octanol–water partition coefficient (Wildman–Crippen LogP) is 1.76. The number of hydrogen-bond acceptors (Lipinski definition) is 3. The van der Waals surface area contributed by atoms with E-state index in [0.717, 1.165) is 18.2 Å². The van der Waals surface area contributed by atoms with Crippen LogP contribution in [0.4, 0.5) is 8.78 Å². The van der Waals surface area contributed by atoms with Crippen molar-refractivity contribution in [2.45, 2.75) is 37.1 Å². The van der Waals surface area contributed by atoms with Crippen LogP contribution in [0.5, 0.6) is 0 Å². The first kappa shape index (κ1) is 16.0. The summed E-state index contributed by atoms with van der Waals surface area (Å²) in [5.41, 5.74) is 5.26. The smallest absolute Gasteiger partial charge is 0.243 e. The highest BCUT2D eigenvalue weighted by atomic mass is 32.2. The lowest BCUT2D eigenvalue weighted by Crippen LogP contribution is -2.49. The number of nitrogens with two attached hydrogens (primary N) is 1. The zero-order chi connectivity index (χ0) is 14.7. The highest BCUT2D eigenvalue weighted by Crippen LogP contribution is 2.18. The summed E-state index contributed by atoms with van der Waals surface area (Å²) in [5.74, 6) is -2.58. The van der Waals surface area contributed by atoms with Crippen LogP contribution in [-0.2, 0) is 10.0 Å². The zero-order valence-corrected chi connectivity index (χ0v) is 11.7. The van der Waals surface area contributed by atoms with E-state index in [-0.39, 0.29) is 6.54 Å². The second kappa shape index (κ2) is 5.94. The van der Waals surface area contributed by atoms with Crippen LogP contribution in [-0.4, -0.2) is 20.5 Å². The van der Waals surface area contributed by atoms with Crippen molar-refractivity contribution in [1.29, 1.82) is 0 Å². The van der Waals surface area contributed by atoms with Crippen molar-refractivity contribution in [2.24, 2.45) is 5.73 Å². The molecule has 0 radical (unpaired) electrons. The molecule has 0 amide bonds. The van der Waals surface area contributed by atoms with Gasteiger partial charge in [0, 0.05) is 12.1 Å². The molecule has 7 heteroatoms. The zero-order valence-electron chi connectivity index (χ0n) is 10.9. The van der Waals surface area contributed by atoms with Gasteiger partial charge in [-0.15, -0.1) is 0 Å². The maximum Gasteiger partial charge on any atom is 0.243 e. The fourth-order valence-corrected chi connectivity index (χ4v) is 2.73. The first-order chi connectivity index (χ1) is 8.75. The van der Waals surface area contributed by atoms with Gasteiger partial charge in [0.2, 0.25) is 10.0 Å². The molecule has 0 aromatic heterocycles. The molecule has 0 fully saturated rings. The summed E-state index contributed by atoms with van der Waals surface area (Å²) in [7, 11) is -4.11. The van der Waals surface area contributed by atoms with Gasteiger partial charge in [0.25, 0.3) is 0 Å². The third-order valence-electron chi connectivity index (χ3n) is 3.23. The molecule has 3 N–H and O–H groups in total. The minimum absolute atomic E-state index is 0.0295. The van der Waals surface area contributed by atoms with Crippen LogP contribution < -0.4 is 10.5 Å². The fraction of sp³-hybridized carbons (Fsp3) is 0.500. The van der Waals surface area contributed by atoms with Gasteiger partial charge in [-0.25, -0.2) is 21.9 Å². The minimum atomic E-state index is -4.11. The molecule has 0 saturated carbocycles. The third-order valence-corrected chi connectivity index (χ3v) is 4.65. The molecular formula is C12H18F2N2O2S. The molecule has 19 heavy (non-hydrogen) atoms. The Bertz CT molecular complexity index is 543. The van der Waals surface area contributed by atoms with Crippen LogP contribution in [0.25, 0.3) is 0 Å². The Labute approximate surface area is 112 Å². The molecule has 0 aliphatic rings. The van der Waals surface area contributed by atoms with E-state index >= 15 is 0 Å². The van der Waals surface area contributed by atoms with Crippen LogP contribution in [0.15, 0.2) is 23.1 Å². The van der Waals surface area contributed by atoms with E-state index in [1.807, 2.05) is 13.8 Å². The van der Waals surface area contributed by atoms with Gasteiger partial charge in [0.15, 0.2) is 11.6 Å². The molecule has 108 valence electrons. The van der Waals surface area contributed by atoms with Crippen molar-refractivity contribution in [2.75, 3.05) is 6.54 Å². The Morgan fingerprint density at radius 3 is 2.37 bits per heavy atom. The maximum atomic E-state index is 13.5. The van der Waals surface area contributed by atoms with Gasteiger partial charge < -0.3 is 5.73 Å². The number of halogens is 2. The third kappa shape index (κ3) is 3.71. The van der Waals surface area contributed by atoms with Gasteiger partial charge in [-0.3, -0.25) is 0 Å². The lowest BCUT2D eigenvalue weighted by atomic mass is 9.95. The first-order valence-corrected chi connectivity index (χ1v) is 7.46. The van der Waals surface area contributed by atoms with Gasteiger partial charge in [0.05, 0.1) is 0 Å². The number of benzene rings is 1. The van der Waals surface area contributed by atoms with E-state index < -0.39 is 32.1 Å². The molecule has 0 aliphatic carbocycles. The Kier molecular flexibility index (Phi) is 5.00. The Hall–Kier alpha value is -1.05. The highest BCUT2D eigenvalue weighted by molar-refractivity contribution is 7.89. The van der Waals surface area contributed by atoms with Gasteiger partial charge in [-0.2, -0.15) is 0 Å². The molecule has 1 aromatic carbocycles. The molecule has 0 unspecified atom stereocenters. The summed E-state index contributed by atoms with van der Waals surface area (Å²) in [6, 6.07) is 3.01. The number of rotatable bonds is 6. The minimum Gasteiger partial charge on any atom is -0.324 e. The van der Waals surface area contributed by atoms with Crippen molar-refractivity contribution < 1.29 is 17.2 Å². The monoisotopic (exact) mass is 292 g/mol. The van der Waals surface area contributed by atoms with E-state index in [2.05, 4.69) is 4.72 Å². The standard InChI is InChI=1S/C12H18F2N2O2S/c1-3-12(15,4-2)8-16-19(17,18)10-7-5-6-9(13)11(10)14/h5-7,16H,3-4,8,15H2,1-2H3. The van der Waals surface area contributed by atoms with E-state index in [1.165, 1.54) is 0 Å². The number of sulfonamides is 1. The van der Waals surface area contributed by atoms with Gasteiger partial charge in [-0.05, 0) is 25.0 Å². The topological polar surface area (TPSA) is 72.2 Å². The molecule has 0 spiro atoms. The molecule has 0 heterocycles. The summed E-state index contributed by atoms with van der Waals surface area (Å²) in [6.07, 6.45) is 1.13. The maximum absolute atomic E-state index is 13.5. The number of hydrogen-bond donors (Lipinski definition) is 2. The van der Waals surface area contributed by atoms with Crippen molar-refractivity contribution in [3.8, 4) is 0 Å². The van der Waals surface area contributed by atoms with Gasteiger partial charge in [-0.1, -0.05) is 19.9 Å². The SMILES string of the molecule is CCC(N)(CC)CNS(=O)(=O)c1cccc(F)c1F. The second-order valence-electron chi connectivity index (χ2n) is 4.45. The average molecular weight is 292 g/mol. The molecule has 0 atom stereocenters. The summed E-state index contributed by atoms with van der Waals surface area (Å²) in [6.45, 7) is 3.64. The Morgan fingerprint density at radius 1 is 1.26 bits per heavy atom. The summed E-state index contributed by atoms with van der Waals surface area (Å²) in [5, 5.41) is 0. The molecule has 1 aromatic rings. The number of nitrogens with one attached hydrogen (secondary N) is 1. The summed E-state index contributed by atoms with van der Waals surface area (Å²) >= 11 is 0. The van der Waals surface area contributed by atoms with Crippen molar-refractivity contribution >= 4 is 10.0 Å². The Morgan fingerprint density at radius 2 is 1.84 bits per heavy atom. The van der Waals surface area contributed by atoms with Crippen molar-refractivity contribution in [3.63, 3.8) is 0 Å².